The number of nitriles is 1. The lowest BCUT2D eigenvalue weighted by molar-refractivity contribution is -0.145. The van der Waals surface area contributed by atoms with Crippen molar-refractivity contribution in [2.75, 3.05) is 11.9 Å². The van der Waals surface area contributed by atoms with Crippen molar-refractivity contribution in [1.82, 2.24) is 14.8 Å². The third-order valence-electron chi connectivity index (χ3n) is 5.82. The number of rotatable bonds is 8. The largest absolute Gasteiger partial charge is 0.465 e. The molecular formula is C25H25N5O3S. The van der Waals surface area contributed by atoms with Gasteiger partial charge in [0.2, 0.25) is 5.91 Å². The molecule has 1 aliphatic carbocycles. The Morgan fingerprint density at radius 2 is 2.26 bits per heavy atom. The maximum absolute atomic E-state index is 12.4. The molecule has 1 N–H and O–H groups in total. The summed E-state index contributed by atoms with van der Waals surface area (Å²) in [5.41, 5.74) is 3.35. The van der Waals surface area contributed by atoms with Crippen LogP contribution in [0.3, 0.4) is 0 Å². The lowest BCUT2D eigenvalue weighted by Crippen LogP contribution is -2.20. The number of fused-ring (bicyclic) bond motifs is 1. The van der Waals surface area contributed by atoms with Crippen LogP contribution in [0.4, 0.5) is 5.00 Å². The van der Waals surface area contributed by atoms with Gasteiger partial charge in [-0.3, -0.25) is 19.3 Å². The zero-order chi connectivity index (χ0) is 23.9. The Morgan fingerprint density at radius 3 is 3.00 bits per heavy atom. The number of hydrogen-bond acceptors (Lipinski definition) is 7. The number of esters is 1. The number of nitrogens with one attached hydrogen (secondary N) is 1. The van der Waals surface area contributed by atoms with E-state index < -0.39 is 0 Å². The minimum Gasteiger partial charge on any atom is -0.465 e. The van der Waals surface area contributed by atoms with E-state index >= 15 is 0 Å². The molecule has 1 atom stereocenters. The van der Waals surface area contributed by atoms with Gasteiger partial charge in [0.05, 0.1) is 18.6 Å². The molecule has 8 nitrogen and oxygen atoms in total. The Morgan fingerprint density at radius 1 is 1.38 bits per heavy atom. The van der Waals surface area contributed by atoms with Gasteiger partial charge < -0.3 is 10.1 Å². The monoisotopic (exact) mass is 475 g/mol. The molecule has 174 valence electrons. The molecule has 0 aromatic carbocycles. The summed E-state index contributed by atoms with van der Waals surface area (Å²) in [5.74, 6) is -0.311. The molecule has 3 aromatic rings. The first-order valence-electron chi connectivity index (χ1n) is 11.1. The number of aryl methyl sites for hydroxylation is 2. The Hall–Kier alpha value is -3.77. The van der Waals surface area contributed by atoms with Gasteiger partial charge >= 0.3 is 5.97 Å². The van der Waals surface area contributed by atoms with E-state index in [4.69, 9.17) is 4.74 Å². The second-order valence-corrected chi connectivity index (χ2v) is 9.27. The van der Waals surface area contributed by atoms with Crippen molar-refractivity contribution in [1.29, 1.82) is 5.26 Å². The first-order chi connectivity index (χ1) is 16.5. The van der Waals surface area contributed by atoms with E-state index in [1.54, 1.807) is 35.4 Å². The molecule has 0 fully saturated rings. The summed E-state index contributed by atoms with van der Waals surface area (Å²) >= 11 is 1.43. The van der Waals surface area contributed by atoms with Gasteiger partial charge in [-0.1, -0.05) is 6.07 Å². The highest BCUT2D eigenvalue weighted by atomic mass is 32.1. The molecule has 9 heteroatoms. The maximum atomic E-state index is 12.4. The van der Waals surface area contributed by atoms with E-state index in [2.05, 4.69) is 21.5 Å². The van der Waals surface area contributed by atoms with Gasteiger partial charge in [-0.15, -0.1) is 11.3 Å². The molecule has 0 saturated carbocycles. The van der Waals surface area contributed by atoms with Gasteiger partial charge in [-0.25, -0.2) is 0 Å². The van der Waals surface area contributed by atoms with Gasteiger partial charge in [0.25, 0.3) is 0 Å². The average molecular weight is 476 g/mol. The maximum Gasteiger partial charge on any atom is 0.306 e. The van der Waals surface area contributed by atoms with Gasteiger partial charge in [0.1, 0.15) is 11.1 Å². The molecule has 0 bridgehead atoms. The normalized spacial score (nSPS) is 15.0. The van der Waals surface area contributed by atoms with Crippen molar-refractivity contribution in [3.8, 4) is 6.07 Å². The van der Waals surface area contributed by atoms with Gasteiger partial charge in [-0.2, -0.15) is 10.4 Å². The number of amides is 1. The highest BCUT2D eigenvalue weighted by molar-refractivity contribution is 7.16. The number of ether oxygens (including phenoxy) is 1. The van der Waals surface area contributed by atoms with Crippen molar-refractivity contribution in [3.63, 3.8) is 0 Å². The van der Waals surface area contributed by atoms with Crippen LogP contribution >= 0.6 is 11.3 Å². The number of carbonyl (C=O) groups excluding carboxylic acids is 2. The number of hydrogen-bond donors (Lipinski definition) is 1. The third-order valence-corrected chi connectivity index (χ3v) is 6.98. The summed E-state index contributed by atoms with van der Waals surface area (Å²) in [6.45, 7) is 0.360. The highest BCUT2D eigenvalue weighted by Gasteiger charge is 2.27. The number of pyridine rings is 1. The molecular weight excluding hydrogens is 450 g/mol. The summed E-state index contributed by atoms with van der Waals surface area (Å²) in [7, 11) is 1.85. The molecule has 0 radical (unpaired) electrons. The van der Waals surface area contributed by atoms with Crippen molar-refractivity contribution in [3.05, 3.63) is 70.1 Å². The lowest BCUT2D eigenvalue weighted by atomic mass is 9.88. The molecule has 1 unspecified atom stereocenters. The quantitative estimate of drug-likeness (QED) is 0.393. The van der Waals surface area contributed by atoms with E-state index in [-0.39, 0.29) is 17.8 Å². The van der Waals surface area contributed by atoms with E-state index in [1.807, 2.05) is 19.2 Å². The fraction of sp³-hybridized carbons (Fsp3) is 0.320. The summed E-state index contributed by atoms with van der Waals surface area (Å²) in [5, 5.41) is 17.2. The Kier molecular flexibility index (Phi) is 7.50. The van der Waals surface area contributed by atoms with Crippen LogP contribution in [0, 0.1) is 17.2 Å². The Bertz CT molecular complexity index is 1240. The van der Waals surface area contributed by atoms with Crippen LogP contribution in [0.25, 0.3) is 6.08 Å². The molecule has 1 aliphatic rings. The van der Waals surface area contributed by atoms with Crippen LogP contribution in [-0.2, 0) is 40.6 Å². The number of thiophene rings is 1. The fourth-order valence-corrected chi connectivity index (χ4v) is 5.28. The first kappa shape index (κ1) is 23.4. The predicted molar refractivity (Wildman–Crippen MR) is 129 cm³/mol. The summed E-state index contributed by atoms with van der Waals surface area (Å²) in [6.07, 6.45) is 11.4. The highest BCUT2D eigenvalue weighted by Crippen LogP contribution is 2.39. The lowest BCUT2D eigenvalue weighted by Gasteiger charge is -2.21. The summed E-state index contributed by atoms with van der Waals surface area (Å²) in [4.78, 5) is 29.7. The van der Waals surface area contributed by atoms with Crippen LogP contribution in [0.5, 0.6) is 0 Å². The minimum atomic E-state index is -0.294. The third kappa shape index (κ3) is 5.77. The van der Waals surface area contributed by atoms with Crippen LogP contribution in [0.2, 0.25) is 0 Å². The second kappa shape index (κ2) is 10.9. The van der Waals surface area contributed by atoms with Crippen LogP contribution in [0.1, 0.15) is 40.1 Å². The zero-order valence-corrected chi connectivity index (χ0v) is 19.7. The summed E-state index contributed by atoms with van der Waals surface area (Å²) in [6, 6.07) is 7.80. The molecule has 3 aromatic heterocycles. The minimum absolute atomic E-state index is 0.201. The smallest absolute Gasteiger partial charge is 0.306 e. The number of anilines is 1. The van der Waals surface area contributed by atoms with Crippen molar-refractivity contribution in [2.24, 2.45) is 13.0 Å². The zero-order valence-electron chi connectivity index (χ0n) is 18.9. The van der Waals surface area contributed by atoms with Gasteiger partial charge in [0, 0.05) is 42.3 Å². The number of nitrogens with zero attached hydrogens (tertiary/aromatic N) is 4. The molecule has 34 heavy (non-hydrogen) atoms. The van der Waals surface area contributed by atoms with E-state index in [9.17, 15) is 14.9 Å². The summed E-state index contributed by atoms with van der Waals surface area (Å²) < 4.78 is 7.28. The van der Waals surface area contributed by atoms with Gasteiger partial charge in [0.15, 0.2) is 0 Å². The number of aromatic nitrogens is 3. The SMILES string of the molecule is Cn1nccc1CCC(=O)OCC1CCc2c(sc(NC(=O)/C=C/c3cccnc3)c2C#N)C1. The van der Waals surface area contributed by atoms with Crippen molar-refractivity contribution in [2.45, 2.75) is 32.1 Å². The van der Waals surface area contributed by atoms with Crippen molar-refractivity contribution < 1.29 is 14.3 Å². The van der Waals surface area contributed by atoms with Gasteiger partial charge in [-0.05, 0) is 60.9 Å². The first-order valence-corrected chi connectivity index (χ1v) is 11.9. The molecule has 4 rings (SSSR count). The standard InChI is InChI=1S/C25H25N5O3S/c1-30-19(10-12-28-30)6-9-24(32)33-16-18-4-7-20-21(14-26)25(34-22(20)13-18)29-23(31)8-5-17-3-2-11-27-15-17/h2-3,5,8,10-12,15,18H,4,6-7,9,13,16H2,1H3,(H,29,31)/b8-5+. The second-order valence-electron chi connectivity index (χ2n) is 8.17. The molecule has 3 heterocycles. The van der Waals surface area contributed by atoms with E-state index in [1.165, 1.54) is 17.4 Å². The molecule has 1 amide bonds. The van der Waals surface area contributed by atoms with Crippen LogP contribution in [-0.4, -0.2) is 33.2 Å². The Labute approximate surface area is 201 Å². The number of carbonyl (C=O) groups is 2. The fourth-order valence-electron chi connectivity index (χ4n) is 3.96. The van der Waals surface area contributed by atoms with Crippen LogP contribution in [0.15, 0.2) is 42.9 Å². The van der Waals surface area contributed by atoms with Crippen LogP contribution < -0.4 is 5.32 Å². The predicted octanol–water partition coefficient (Wildman–Crippen LogP) is 3.68. The molecule has 0 saturated heterocycles. The topological polar surface area (TPSA) is 110 Å². The van der Waals surface area contributed by atoms with Crippen molar-refractivity contribution >= 4 is 34.3 Å². The Balaban J connectivity index is 1.31. The van der Waals surface area contributed by atoms with E-state index in [0.29, 0.717) is 30.0 Å². The molecule has 0 aliphatic heterocycles. The molecule has 0 spiro atoms. The van der Waals surface area contributed by atoms with E-state index in [0.717, 1.165) is 41.0 Å². The average Bonchev–Trinajstić information content (AvgIpc) is 3.42.